The van der Waals surface area contributed by atoms with Crippen LogP contribution in [0.2, 0.25) is 0 Å². The predicted molar refractivity (Wildman–Crippen MR) is 130 cm³/mol. The van der Waals surface area contributed by atoms with Gasteiger partial charge in [0, 0.05) is 36.7 Å². The summed E-state index contributed by atoms with van der Waals surface area (Å²) in [5.41, 5.74) is 1.05. The molecule has 0 aromatic heterocycles. The number of sulfonamides is 2. The first-order chi connectivity index (χ1) is 16.3. The van der Waals surface area contributed by atoms with Crippen molar-refractivity contribution in [3.05, 3.63) is 59.4 Å². The molecule has 1 aliphatic rings. The number of ether oxygens (including phenoxy) is 1. The maximum absolute atomic E-state index is 13.5. The molecule has 2 aromatic rings. The molecule has 0 saturated carbocycles. The highest BCUT2D eigenvalue weighted by molar-refractivity contribution is 7.89. The van der Waals surface area contributed by atoms with Gasteiger partial charge in [0.1, 0.15) is 22.6 Å². The number of rotatable bonds is 5. The van der Waals surface area contributed by atoms with Crippen LogP contribution in [-0.4, -0.2) is 75.7 Å². The Hall–Kier alpha value is -2.49. The van der Waals surface area contributed by atoms with E-state index in [4.69, 9.17) is 4.74 Å². The van der Waals surface area contributed by atoms with Crippen molar-refractivity contribution in [2.45, 2.75) is 30.9 Å². The molecule has 3 rings (SSSR count). The Labute approximate surface area is 206 Å². The van der Waals surface area contributed by atoms with Crippen molar-refractivity contribution in [1.29, 1.82) is 0 Å². The van der Waals surface area contributed by atoms with Gasteiger partial charge < -0.3 is 9.84 Å². The van der Waals surface area contributed by atoms with Crippen LogP contribution in [0.4, 0.5) is 4.39 Å². The molecule has 3 atom stereocenters. The number of benzene rings is 2. The lowest BCUT2D eigenvalue weighted by atomic mass is 10.0. The number of halogens is 1. The second-order valence-electron chi connectivity index (χ2n) is 8.70. The predicted octanol–water partition coefficient (Wildman–Crippen LogP) is 1.89. The van der Waals surface area contributed by atoms with E-state index in [0.29, 0.717) is 11.1 Å². The first kappa shape index (κ1) is 27.1. The highest BCUT2D eigenvalue weighted by Crippen LogP contribution is 2.34. The zero-order valence-electron chi connectivity index (χ0n) is 20.0. The van der Waals surface area contributed by atoms with Crippen LogP contribution in [0, 0.1) is 23.6 Å². The summed E-state index contributed by atoms with van der Waals surface area (Å²) in [4.78, 5) is -0.0935. The molecular weight excluding hydrogens is 495 g/mol. The Bertz CT molecular complexity index is 1330. The molecule has 0 spiro atoms. The summed E-state index contributed by atoms with van der Waals surface area (Å²) in [6.45, 7) is 3.05. The van der Waals surface area contributed by atoms with Crippen LogP contribution in [0.1, 0.15) is 25.0 Å². The van der Waals surface area contributed by atoms with Gasteiger partial charge in [-0.2, -0.15) is 4.31 Å². The summed E-state index contributed by atoms with van der Waals surface area (Å²) in [5, 5.41) is 9.71. The Morgan fingerprint density at radius 3 is 2.40 bits per heavy atom. The molecule has 0 aliphatic carbocycles. The van der Waals surface area contributed by atoms with Crippen molar-refractivity contribution >= 4 is 20.0 Å². The van der Waals surface area contributed by atoms with Crippen molar-refractivity contribution in [2.24, 2.45) is 5.92 Å². The molecule has 1 aliphatic heterocycles. The van der Waals surface area contributed by atoms with E-state index in [1.165, 1.54) is 47.8 Å². The fourth-order valence-electron chi connectivity index (χ4n) is 3.59. The minimum atomic E-state index is -4.03. The molecule has 0 saturated heterocycles. The molecule has 35 heavy (non-hydrogen) atoms. The molecule has 0 radical (unpaired) electrons. The van der Waals surface area contributed by atoms with E-state index in [1.807, 2.05) is 0 Å². The second-order valence-corrected chi connectivity index (χ2v) is 12.7. The Balaban J connectivity index is 2.08. The average Bonchev–Trinajstić information content (AvgIpc) is 2.79. The lowest BCUT2D eigenvalue weighted by Gasteiger charge is -2.37. The standard InChI is InChI=1S/C24H29FN2O6S2/c1-17-14-27(18(2)16-28)35(31,32)24-12-9-20(6-5-19-7-10-21(25)11-8-19)13-22(24)33-23(17)15-26(3)34(4,29)30/h7-13,17-18,23,28H,14-16H2,1-4H3/t17-,18+,23+/m0/s1. The maximum Gasteiger partial charge on any atom is 0.247 e. The molecule has 11 heteroatoms. The molecule has 190 valence electrons. The number of nitrogens with zero attached hydrogens (tertiary/aromatic N) is 2. The zero-order valence-corrected chi connectivity index (χ0v) is 21.6. The molecular formula is C24H29FN2O6S2. The molecule has 1 N–H and O–H groups in total. The van der Waals surface area contributed by atoms with Crippen molar-refractivity contribution in [3.63, 3.8) is 0 Å². The molecule has 1 heterocycles. The molecule has 8 nitrogen and oxygen atoms in total. The molecule has 2 aromatic carbocycles. The third-order valence-corrected chi connectivity index (χ3v) is 9.17. The summed E-state index contributed by atoms with van der Waals surface area (Å²) >= 11 is 0. The Kier molecular flexibility index (Phi) is 8.24. The molecule has 0 amide bonds. The van der Waals surface area contributed by atoms with Crippen LogP contribution < -0.4 is 4.74 Å². The lowest BCUT2D eigenvalue weighted by molar-refractivity contribution is 0.0905. The smallest absolute Gasteiger partial charge is 0.247 e. The van der Waals surface area contributed by atoms with Crippen LogP contribution in [0.5, 0.6) is 5.75 Å². The first-order valence-corrected chi connectivity index (χ1v) is 14.2. The summed E-state index contributed by atoms with van der Waals surface area (Å²) in [6.07, 6.45) is 0.417. The van der Waals surface area contributed by atoms with Gasteiger partial charge in [0.25, 0.3) is 0 Å². The normalized spacial score (nSPS) is 21.1. The number of likely N-dealkylation sites (N-methyl/N-ethyl adjacent to an activating group) is 1. The number of hydrogen-bond donors (Lipinski definition) is 1. The van der Waals surface area contributed by atoms with Gasteiger partial charge in [-0.1, -0.05) is 18.8 Å². The third-order valence-electron chi connectivity index (χ3n) is 5.87. The van der Waals surface area contributed by atoms with E-state index in [1.54, 1.807) is 19.9 Å². The minimum Gasteiger partial charge on any atom is -0.487 e. The second kappa shape index (κ2) is 10.6. The summed E-state index contributed by atoms with van der Waals surface area (Å²) in [6, 6.07) is 9.39. The fraction of sp³-hybridized carbons (Fsp3) is 0.417. The lowest BCUT2D eigenvalue weighted by Crippen LogP contribution is -2.50. The van der Waals surface area contributed by atoms with Crippen molar-refractivity contribution in [3.8, 4) is 17.6 Å². The number of hydrogen-bond acceptors (Lipinski definition) is 6. The minimum absolute atomic E-state index is 0.00627. The molecule has 0 unspecified atom stereocenters. The van der Waals surface area contributed by atoms with Crippen LogP contribution in [0.15, 0.2) is 47.4 Å². The summed E-state index contributed by atoms with van der Waals surface area (Å²) in [7, 11) is -6.10. The van der Waals surface area contributed by atoms with Gasteiger partial charge in [-0.15, -0.1) is 0 Å². The average molecular weight is 525 g/mol. The Morgan fingerprint density at radius 1 is 1.20 bits per heavy atom. The molecule has 0 fully saturated rings. The number of aliphatic hydroxyl groups is 1. The summed E-state index contributed by atoms with van der Waals surface area (Å²) in [5.74, 6) is 5.09. The van der Waals surface area contributed by atoms with Gasteiger partial charge in [-0.3, -0.25) is 0 Å². The van der Waals surface area contributed by atoms with E-state index < -0.39 is 38.1 Å². The van der Waals surface area contributed by atoms with Gasteiger partial charge in [-0.25, -0.2) is 25.5 Å². The maximum atomic E-state index is 13.5. The monoisotopic (exact) mass is 524 g/mol. The van der Waals surface area contributed by atoms with Gasteiger partial charge in [0.2, 0.25) is 20.0 Å². The highest BCUT2D eigenvalue weighted by Gasteiger charge is 2.38. The SMILES string of the molecule is C[C@H](CO)N1C[C@H](C)[C@@H](CN(C)S(C)(=O)=O)Oc2cc(C#Cc3ccc(F)cc3)ccc2S1(=O)=O. The van der Waals surface area contributed by atoms with E-state index in [2.05, 4.69) is 11.8 Å². The fourth-order valence-corrected chi connectivity index (χ4v) is 5.83. The van der Waals surface area contributed by atoms with Crippen LogP contribution >= 0.6 is 0 Å². The van der Waals surface area contributed by atoms with E-state index >= 15 is 0 Å². The Morgan fingerprint density at radius 2 is 1.80 bits per heavy atom. The van der Waals surface area contributed by atoms with Crippen LogP contribution in [0.25, 0.3) is 0 Å². The van der Waals surface area contributed by atoms with Gasteiger partial charge in [-0.05, 0) is 49.4 Å². The highest BCUT2D eigenvalue weighted by atomic mass is 32.2. The quantitative estimate of drug-likeness (QED) is 0.599. The largest absolute Gasteiger partial charge is 0.487 e. The third kappa shape index (κ3) is 6.39. The number of aliphatic hydroxyl groups excluding tert-OH is 1. The first-order valence-electron chi connectivity index (χ1n) is 10.9. The summed E-state index contributed by atoms with van der Waals surface area (Å²) < 4.78 is 72.7. The van der Waals surface area contributed by atoms with E-state index in [9.17, 15) is 26.3 Å². The molecule has 0 bridgehead atoms. The topological polar surface area (TPSA) is 104 Å². The number of fused-ring (bicyclic) bond motifs is 1. The van der Waals surface area contributed by atoms with E-state index in [-0.39, 0.29) is 36.2 Å². The van der Waals surface area contributed by atoms with Crippen molar-refractivity contribution < 1.29 is 31.1 Å². The van der Waals surface area contributed by atoms with Crippen molar-refractivity contribution in [1.82, 2.24) is 8.61 Å². The van der Waals surface area contributed by atoms with Crippen molar-refractivity contribution in [2.75, 3.05) is 33.0 Å². The van der Waals surface area contributed by atoms with Gasteiger partial charge >= 0.3 is 0 Å². The van der Waals surface area contributed by atoms with Gasteiger partial charge in [0.15, 0.2) is 0 Å². The van der Waals surface area contributed by atoms with E-state index in [0.717, 1.165) is 10.6 Å². The van der Waals surface area contributed by atoms with Crippen LogP contribution in [-0.2, 0) is 20.0 Å². The van der Waals surface area contributed by atoms with Gasteiger partial charge in [0.05, 0.1) is 19.4 Å². The zero-order chi connectivity index (χ0) is 26.0. The van der Waals surface area contributed by atoms with Crippen LogP contribution in [0.3, 0.4) is 0 Å².